The molecule has 0 atom stereocenters. The van der Waals surface area contributed by atoms with Crippen LogP contribution in [0.25, 0.3) is 0 Å². The second kappa shape index (κ2) is 6.06. The van der Waals surface area contributed by atoms with Gasteiger partial charge in [0.2, 0.25) is 0 Å². The maximum absolute atomic E-state index is 3.35. The monoisotopic (exact) mass is 195 g/mol. The summed E-state index contributed by atoms with van der Waals surface area (Å²) in [6.45, 7) is 6.34. The lowest BCUT2D eigenvalue weighted by Crippen LogP contribution is -2.12. The molecule has 0 amide bonds. The van der Waals surface area contributed by atoms with E-state index in [1.165, 1.54) is 10.5 Å². The van der Waals surface area contributed by atoms with Crippen molar-refractivity contribution in [2.24, 2.45) is 0 Å². The lowest BCUT2D eigenvalue weighted by atomic mass is 10.2. The van der Waals surface area contributed by atoms with Crippen LogP contribution in [0.1, 0.15) is 19.4 Å². The van der Waals surface area contributed by atoms with Gasteiger partial charge in [0.15, 0.2) is 0 Å². The Hall–Kier alpha value is -0.470. The molecule has 0 saturated heterocycles. The molecule has 1 aromatic rings. The number of hydrogen-bond acceptors (Lipinski definition) is 2. The van der Waals surface area contributed by atoms with Crippen LogP contribution in [0.2, 0.25) is 0 Å². The summed E-state index contributed by atoms with van der Waals surface area (Å²) < 4.78 is 0. The van der Waals surface area contributed by atoms with E-state index in [0.717, 1.165) is 18.8 Å². The average molecular weight is 195 g/mol. The minimum absolute atomic E-state index is 0.986. The fourth-order valence-corrected chi connectivity index (χ4v) is 2.02. The topological polar surface area (TPSA) is 12.0 Å². The highest BCUT2D eigenvalue weighted by molar-refractivity contribution is 7.99. The van der Waals surface area contributed by atoms with E-state index in [2.05, 4.69) is 43.4 Å². The molecule has 0 bridgehead atoms. The summed E-state index contributed by atoms with van der Waals surface area (Å²) in [7, 11) is 0. The Kier molecular flexibility index (Phi) is 4.94. The van der Waals surface area contributed by atoms with Gasteiger partial charge in [-0.25, -0.2) is 0 Å². The maximum Gasteiger partial charge on any atom is 0.0216 e. The van der Waals surface area contributed by atoms with Gasteiger partial charge in [-0.05, 0) is 23.9 Å². The first-order valence-electron chi connectivity index (χ1n) is 4.80. The van der Waals surface area contributed by atoms with Crippen LogP contribution in [0.4, 0.5) is 0 Å². The van der Waals surface area contributed by atoms with E-state index >= 15 is 0 Å². The van der Waals surface area contributed by atoms with Crippen LogP contribution >= 0.6 is 11.8 Å². The first-order chi connectivity index (χ1) is 6.38. The van der Waals surface area contributed by atoms with Crippen molar-refractivity contribution >= 4 is 11.8 Å². The van der Waals surface area contributed by atoms with Gasteiger partial charge < -0.3 is 5.32 Å². The predicted molar refractivity (Wildman–Crippen MR) is 60.2 cm³/mol. The second-order valence-electron chi connectivity index (χ2n) is 2.82. The molecule has 13 heavy (non-hydrogen) atoms. The molecule has 0 aliphatic heterocycles. The molecule has 0 spiro atoms. The lowest BCUT2D eigenvalue weighted by Gasteiger charge is -2.07. The fourth-order valence-electron chi connectivity index (χ4n) is 1.21. The molecule has 1 rings (SSSR count). The predicted octanol–water partition coefficient (Wildman–Crippen LogP) is 2.91. The SMILES string of the molecule is CCNCc1ccccc1SCC. The molecular weight excluding hydrogens is 178 g/mol. The third-order valence-electron chi connectivity index (χ3n) is 1.84. The summed E-state index contributed by atoms with van der Waals surface area (Å²) in [5.41, 5.74) is 1.41. The highest BCUT2D eigenvalue weighted by Gasteiger charge is 1.99. The summed E-state index contributed by atoms with van der Waals surface area (Å²) in [5.74, 6) is 1.14. The van der Waals surface area contributed by atoms with Crippen molar-refractivity contribution in [2.45, 2.75) is 25.3 Å². The van der Waals surface area contributed by atoms with Gasteiger partial charge in [-0.2, -0.15) is 0 Å². The summed E-state index contributed by atoms with van der Waals surface area (Å²) in [5, 5.41) is 3.35. The zero-order chi connectivity index (χ0) is 9.52. The van der Waals surface area contributed by atoms with Gasteiger partial charge in [0.25, 0.3) is 0 Å². The van der Waals surface area contributed by atoms with Gasteiger partial charge in [0.1, 0.15) is 0 Å². The Balaban J connectivity index is 2.66. The normalized spacial score (nSPS) is 10.3. The quantitative estimate of drug-likeness (QED) is 0.725. The maximum atomic E-state index is 3.35. The van der Waals surface area contributed by atoms with Crippen LogP contribution in [-0.2, 0) is 6.54 Å². The highest BCUT2D eigenvalue weighted by Crippen LogP contribution is 2.21. The van der Waals surface area contributed by atoms with E-state index in [1.807, 2.05) is 11.8 Å². The van der Waals surface area contributed by atoms with Crippen LogP contribution in [0, 0.1) is 0 Å². The molecule has 0 heterocycles. The summed E-state index contributed by atoms with van der Waals surface area (Å²) >= 11 is 1.91. The Bertz CT molecular complexity index is 248. The number of hydrogen-bond donors (Lipinski definition) is 1. The number of rotatable bonds is 5. The van der Waals surface area contributed by atoms with E-state index in [-0.39, 0.29) is 0 Å². The lowest BCUT2D eigenvalue weighted by molar-refractivity contribution is 0.718. The highest BCUT2D eigenvalue weighted by atomic mass is 32.2. The summed E-state index contributed by atoms with van der Waals surface area (Å²) in [6, 6.07) is 8.60. The molecule has 1 aromatic carbocycles. The van der Waals surface area contributed by atoms with E-state index in [9.17, 15) is 0 Å². The Morgan fingerprint density at radius 3 is 2.69 bits per heavy atom. The zero-order valence-corrected chi connectivity index (χ0v) is 9.16. The second-order valence-corrected chi connectivity index (χ2v) is 4.13. The first kappa shape index (κ1) is 10.6. The largest absolute Gasteiger partial charge is 0.313 e. The van der Waals surface area contributed by atoms with Crippen molar-refractivity contribution < 1.29 is 0 Å². The van der Waals surface area contributed by atoms with E-state index in [0.29, 0.717) is 0 Å². The molecule has 2 heteroatoms. The van der Waals surface area contributed by atoms with E-state index < -0.39 is 0 Å². The molecule has 0 aliphatic carbocycles. The molecule has 0 aromatic heterocycles. The standard InChI is InChI=1S/C11H17NS/c1-3-12-9-10-7-5-6-8-11(10)13-4-2/h5-8,12H,3-4,9H2,1-2H3. The number of benzene rings is 1. The molecular formula is C11H17NS. The van der Waals surface area contributed by atoms with Crippen LogP contribution in [-0.4, -0.2) is 12.3 Å². The molecule has 1 N–H and O–H groups in total. The van der Waals surface area contributed by atoms with Crippen LogP contribution in [0.3, 0.4) is 0 Å². The molecule has 1 nitrogen and oxygen atoms in total. The van der Waals surface area contributed by atoms with Gasteiger partial charge in [0.05, 0.1) is 0 Å². The van der Waals surface area contributed by atoms with Gasteiger partial charge >= 0.3 is 0 Å². The van der Waals surface area contributed by atoms with Crippen molar-refractivity contribution in [3.05, 3.63) is 29.8 Å². The molecule has 0 saturated carbocycles. The Morgan fingerprint density at radius 1 is 1.23 bits per heavy atom. The van der Waals surface area contributed by atoms with Crippen molar-refractivity contribution in [1.82, 2.24) is 5.32 Å². The third-order valence-corrected chi connectivity index (χ3v) is 2.84. The smallest absolute Gasteiger partial charge is 0.0216 e. The number of thioether (sulfide) groups is 1. The van der Waals surface area contributed by atoms with E-state index in [4.69, 9.17) is 0 Å². The number of nitrogens with one attached hydrogen (secondary N) is 1. The fraction of sp³-hybridized carbons (Fsp3) is 0.455. The molecule has 72 valence electrons. The van der Waals surface area contributed by atoms with Crippen LogP contribution in [0.5, 0.6) is 0 Å². The van der Waals surface area contributed by atoms with Crippen molar-refractivity contribution in [3.8, 4) is 0 Å². The average Bonchev–Trinajstić information content (AvgIpc) is 2.17. The molecule has 0 aliphatic rings. The van der Waals surface area contributed by atoms with Gasteiger partial charge in [-0.1, -0.05) is 32.0 Å². The van der Waals surface area contributed by atoms with Crippen LogP contribution in [0.15, 0.2) is 29.2 Å². The zero-order valence-electron chi connectivity index (χ0n) is 8.34. The third kappa shape index (κ3) is 3.41. The van der Waals surface area contributed by atoms with Gasteiger partial charge in [-0.3, -0.25) is 0 Å². The van der Waals surface area contributed by atoms with Gasteiger partial charge in [0, 0.05) is 11.4 Å². The van der Waals surface area contributed by atoms with Crippen molar-refractivity contribution in [2.75, 3.05) is 12.3 Å². The van der Waals surface area contributed by atoms with E-state index in [1.54, 1.807) is 0 Å². The summed E-state index contributed by atoms with van der Waals surface area (Å²) in [4.78, 5) is 1.41. The van der Waals surface area contributed by atoms with Crippen molar-refractivity contribution in [3.63, 3.8) is 0 Å². The molecule has 0 fully saturated rings. The first-order valence-corrected chi connectivity index (χ1v) is 5.78. The van der Waals surface area contributed by atoms with Crippen molar-refractivity contribution in [1.29, 1.82) is 0 Å². The Morgan fingerprint density at radius 2 is 2.00 bits per heavy atom. The minimum atomic E-state index is 0.986. The van der Waals surface area contributed by atoms with Gasteiger partial charge in [-0.15, -0.1) is 11.8 Å². The van der Waals surface area contributed by atoms with Crippen LogP contribution < -0.4 is 5.32 Å². The Labute approximate surface area is 84.9 Å². The molecule has 0 unspecified atom stereocenters. The summed E-state index contributed by atoms with van der Waals surface area (Å²) in [6.07, 6.45) is 0. The minimum Gasteiger partial charge on any atom is -0.313 e. The molecule has 0 radical (unpaired) electrons.